The van der Waals surface area contributed by atoms with E-state index in [1.807, 2.05) is 12.1 Å². The van der Waals surface area contributed by atoms with Gasteiger partial charge in [-0.15, -0.1) is 0 Å². The summed E-state index contributed by atoms with van der Waals surface area (Å²) in [5, 5.41) is 3.10. The molecule has 2 aliphatic carbocycles. The molecular weight excluding hydrogens is 262 g/mol. The lowest BCUT2D eigenvalue weighted by Crippen LogP contribution is -2.40. The molecule has 2 bridgehead atoms. The first-order valence-electron chi connectivity index (χ1n) is 7.94. The lowest BCUT2D eigenvalue weighted by molar-refractivity contribution is -0.124. The van der Waals surface area contributed by atoms with Crippen LogP contribution >= 0.6 is 0 Å². The highest BCUT2D eigenvalue weighted by Gasteiger charge is 2.36. The van der Waals surface area contributed by atoms with Gasteiger partial charge < -0.3 is 10.1 Å². The van der Waals surface area contributed by atoms with Crippen molar-refractivity contribution in [3.8, 4) is 5.75 Å². The van der Waals surface area contributed by atoms with Crippen LogP contribution in [0.15, 0.2) is 36.4 Å². The Labute approximate surface area is 126 Å². The number of fused-ring (bicyclic) bond motifs is 2. The van der Waals surface area contributed by atoms with Gasteiger partial charge in [0.2, 0.25) is 0 Å². The summed E-state index contributed by atoms with van der Waals surface area (Å²) in [7, 11) is 0. The molecule has 0 saturated heterocycles. The maximum absolute atomic E-state index is 12.0. The normalized spacial score (nSPS) is 26.0. The van der Waals surface area contributed by atoms with Crippen LogP contribution in [0.4, 0.5) is 0 Å². The average Bonchev–Trinajstić information content (AvgIpc) is 3.09. The molecule has 112 valence electrons. The molecule has 3 unspecified atom stereocenters. The third-order valence-electron chi connectivity index (χ3n) is 4.46. The van der Waals surface area contributed by atoms with Gasteiger partial charge in [-0.2, -0.15) is 0 Å². The Morgan fingerprint density at radius 2 is 2.05 bits per heavy atom. The van der Waals surface area contributed by atoms with Gasteiger partial charge in [0.15, 0.2) is 6.61 Å². The van der Waals surface area contributed by atoms with Gasteiger partial charge in [-0.3, -0.25) is 4.79 Å². The van der Waals surface area contributed by atoms with E-state index in [4.69, 9.17) is 4.74 Å². The molecule has 3 rings (SSSR count). The molecule has 1 saturated carbocycles. The number of allylic oxidation sites excluding steroid dienone is 1. The third-order valence-corrected chi connectivity index (χ3v) is 4.46. The fourth-order valence-corrected chi connectivity index (χ4v) is 3.39. The number of ether oxygens (including phenoxy) is 1. The molecule has 3 atom stereocenters. The predicted molar refractivity (Wildman–Crippen MR) is 83.2 cm³/mol. The van der Waals surface area contributed by atoms with Crippen LogP contribution < -0.4 is 10.1 Å². The number of benzene rings is 1. The Hall–Kier alpha value is -1.77. The summed E-state index contributed by atoms with van der Waals surface area (Å²) in [5.74, 6) is 1.95. The van der Waals surface area contributed by atoms with E-state index in [2.05, 4.69) is 36.5 Å². The molecule has 1 aromatic carbocycles. The van der Waals surface area contributed by atoms with E-state index < -0.39 is 0 Å². The number of hydrogen-bond acceptors (Lipinski definition) is 2. The van der Waals surface area contributed by atoms with Crippen LogP contribution in [-0.4, -0.2) is 18.6 Å². The maximum Gasteiger partial charge on any atom is 0.258 e. The van der Waals surface area contributed by atoms with E-state index in [-0.39, 0.29) is 12.5 Å². The van der Waals surface area contributed by atoms with Crippen LogP contribution in [0.25, 0.3) is 0 Å². The van der Waals surface area contributed by atoms with Crippen LogP contribution in [0.2, 0.25) is 0 Å². The van der Waals surface area contributed by atoms with Crippen LogP contribution in [-0.2, 0) is 11.2 Å². The largest absolute Gasteiger partial charge is 0.484 e. The van der Waals surface area contributed by atoms with Crippen molar-refractivity contribution in [2.75, 3.05) is 6.61 Å². The molecular formula is C18H23NO2. The molecule has 0 aromatic heterocycles. The summed E-state index contributed by atoms with van der Waals surface area (Å²) in [5.41, 5.74) is 1.31. The lowest BCUT2D eigenvalue weighted by atomic mass is 10.0. The van der Waals surface area contributed by atoms with Crippen LogP contribution in [0.3, 0.4) is 0 Å². The minimum atomic E-state index is -0.0152. The van der Waals surface area contributed by atoms with E-state index >= 15 is 0 Å². The van der Waals surface area contributed by atoms with Gasteiger partial charge in [-0.05, 0) is 48.8 Å². The molecule has 0 aliphatic heterocycles. The summed E-state index contributed by atoms with van der Waals surface area (Å²) >= 11 is 0. The van der Waals surface area contributed by atoms with Crippen molar-refractivity contribution in [1.29, 1.82) is 0 Å². The van der Waals surface area contributed by atoms with Crippen molar-refractivity contribution in [2.24, 2.45) is 11.8 Å². The molecule has 3 heteroatoms. The van der Waals surface area contributed by atoms with E-state index in [1.54, 1.807) is 0 Å². The van der Waals surface area contributed by atoms with Gasteiger partial charge >= 0.3 is 0 Å². The molecule has 1 N–H and O–H groups in total. The Kier molecular flexibility index (Phi) is 4.28. The number of hydrogen-bond donors (Lipinski definition) is 1. The van der Waals surface area contributed by atoms with Gasteiger partial charge in [0.25, 0.3) is 5.91 Å². The molecule has 0 spiro atoms. The summed E-state index contributed by atoms with van der Waals surface area (Å²) in [6.45, 7) is 2.27. The van der Waals surface area contributed by atoms with Crippen LogP contribution in [0, 0.1) is 11.8 Å². The molecule has 0 heterocycles. The minimum Gasteiger partial charge on any atom is -0.484 e. The predicted octanol–water partition coefficient (Wildman–Crippen LogP) is 3.10. The topological polar surface area (TPSA) is 38.3 Å². The van der Waals surface area contributed by atoms with E-state index in [9.17, 15) is 4.79 Å². The average molecular weight is 285 g/mol. The molecule has 1 amide bonds. The second-order valence-electron chi connectivity index (χ2n) is 6.14. The smallest absolute Gasteiger partial charge is 0.258 e. The van der Waals surface area contributed by atoms with Crippen molar-refractivity contribution in [2.45, 2.75) is 38.6 Å². The number of carbonyl (C=O) groups is 1. The van der Waals surface area contributed by atoms with Gasteiger partial charge in [-0.1, -0.05) is 37.6 Å². The fraction of sp³-hybridized carbons (Fsp3) is 0.500. The number of nitrogens with one attached hydrogen (secondary N) is 1. The fourth-order valence-electron chi connectivity index (χ4n) is 3.39. The zero-order valence-corrected chi connectivity index (χ0v) is 12.5. The molecule has 3 nitrogen and oxygen atoms in total. The number of carbonyl (C=O) groups excluding carboxylic acids is 1. The zero-order chi connectivity index (χ0) is 14.7. The molecule has 0 radical (unpaired) electrons. The Bertz CT molecular complexity index is 521. The summed E-state index contributed by atoms with van der Waals surface area (Å²) in [6.07, 6.45) is 9.02. The Morgan fingerprint density at radius 3 is 2.67 bits per heavy atom. The van der Waals surface area contributed by atoms with Gasteiger partial charge in [0.05, 0.1) is 0 Å². The molecule has 21 heavy (non-hydrogen) atoms. The van der Waals surface area contributed by atoms with E-state index in [1.165, 1.54) is 12.0 Å². The van der Waals surface area contributed by atoms with Crippen molar-refractivity contribution in [3.63, 3.8) is 0 Å². The van der Waals surface area contributed by atoms with Gasteiger partial charge in [0.1, 0.15) is 5.75 Å². The quantitative estimate of drug-likeness (QED) is 0.816. The molecule has 1 aromatic rings. The Morgan fingerprint density at radius 1 is 1.24 bits per heavy atom. The highest BCUT2D eigenvalue weighted by Crippen LogP contribution is 2.38. The highest BCUT2D eigenvalue weighted by atomic mass is 16.5. The zero-order valence-electron chi connectivity index (χ0n) is 12.5. The number of amides is 1. The lowest BCUT2D eigenvalue weighted by Gasteiger charge is -2.19. The first-order chi connectivity index (χ1) is 10.2. The van der Waals surface area contributed by atoms with Crippen molar-refractivity contribution >= 4 is 5.91 Å². The summed E-state index contributed by atoms with van der Waals surface area (Å²) < 4.78 is 5.56. The first-order valence-corrected chi connectivity index (χ1v) is 7.94. The standard InChI is InChI=1S/C18H23NO2/c1-2-3-13-5-8-16(9-6-13)21-12-18(20)19-17-11-14-4-7-15(17)10-14/h4-9,14-15,17H,2-3,10-12H2,1H3,(H,19,20). The molecule has 2 aliphatic rings. The van der Waals surface area contributed by atoms with Crippen LogP contribution in [0.1, 0.15) is 31.7 Å². The number of aryl methyl sites for hydroxylation is 1. The second-order valence-corrected chi connectivity index (χ2v) is 6.14. The SMILES string of the molecule is CCCc1ccc(OCC(=O)NC2CC3C=CC2C3)cc1. The third kappa shape index (κ3) is 3.46. The summed E-state index contributed by atoms with van der Waals surface area (Å²) in [6, 6.07) is 8.33. The van der Waals surface area contributed by atoms with Crippen molar-refractivity contribution in [1.82, 2.24) is 5.32 Å². The number of rotatable bonds is 6. The second kappa shape index (κ2) is 6.33. The van der Waals surface area contributed by atoms with Gasteiger partial charge in [0, 0.05) is 6.04 Å². The first kappa shape index (κ1) is 14.2. The minimum absolute atomic E-state index is 0.0152. The Balaban J connectivity index is 1.44. The monoisotopic (exact) mass is 285 g/mol. The van der Waals surface area contributed by atoms with Crippen molar-refractivity contribution < 1.29 is 9.53 Å². The van der Waals surface area contributed by atoms with E-state index in [0.717, 1.165) is 25.0 Å². The van der Waals surface area contributed by atoms with Gasteiger partial charge in [-0.25, -0.2) is 0 Å². The van der Waals surface area contributed by atoms with E-state index in [0.29, 0.717) is 17.9 Å². The summed E-state index contributed by atoms with van der Waals surface area (Å²) in [4.78, 5) is 12.0. The maximum atomic E-state index is 12.0. The van der Waals surface area contributed by atoms with Crippen molar-refractivity contribution in [3.05, 3.63) is 42.0 Å². The highest BCUT2D eigenvalue weighted by molar-refractivity contribution is 5.78. The van der Waals surface area contributed by atoms with Crippen LogP contribution in [0.5, 0.6) is 5.75 Å². The molecule has 1 fully saturated rings.